The largest absolute Gasteiger partial charge is 0.394 e. The lowest BCUT2D eigenvalue weighted by Gasteiger charge is -2.25. The molecule has 8 atom stereocenters. The first-order chi connectivity index (χ1) is 20.4. The number of anilines is 2. The molecule has 0 radical (unpaired) electrons. The smallest absolute Gasteiger partial charge is 0.353 e. The van der Waals surface area contributed by atoms with Crippen molar-refractivity contribution in [2.75, 3.05) is 42.8 Å². The first-order valence-electron chi connectivity index (χ1n) is 14.8. The monoisotopic (exact) mass is 629 g/mol. The fourth-order valence-electron chi connectivity index (χ4n) is 6.30. The summed E-state index contributed by atoms with van der Waals surface area (Å²) in [5.74, 6) is -0.884. The molecule has 2 aliphatic heterocycles. The second-order valence-corrected chi connectivity index (χ2v) is 13.1. The Bertz CT molecular complexity index is 1070. The third-order valence-corrected chi connectivity index (χ3v) is 8.85. The van der Waals surface area contributed by atoms with Crippen LogP contribution in [-0.4, -0.2) is 118 Å². The van der Waals surface area contributed by atoms with E-state index in [9.17, 15) is 20.3 Å². The number of rotatable bonds is 14. The highest BCUT2D eigenvalue weighted by Gasteiger charge is 2.56. The minimum absolute atomic E-state index is 0.0625. The molecule has 242 valence electrons. The van der Waals surface area contributed by atoms with Crippen LogP contribution in [0.15, 0.2) is 5.16 Å². The molecular formula is C27H43N5O10S. The zero-order chi connectivity index (χ0) is 30.9. The van der Waals surface area contributed by atoms with Gasteiger partial charge in [-0.15, -0.1) is 0 Å². The van der Waals surface area contributed by atoms with Crippen LogP contribution in [0.3, 0.4) is 0 Å². The molecule has 2 aliphatic carbocycles. The Kier molecular flexibility index (Phi) is 10.00. The Morgan fingerprint density at radius 2 is 1.33 bits per heavy atom. The number of ether oxygens (including phenoxy) is 6. The lowest BCUT2D eigenvalue weighted by atomic mass is 10.2. The Balaban J connectivity index is 1.45. The van der Waals surface area contributed by atoms with Gasteiger partial charge in [0.2, 0.25) is 11.6 Å². The molecule has 4 aliphatic rings. The van der Waals surface area contributed by atoms with E-state index in [0.717, 1.165) is 12.2 Å². The van der Waals surface area contributed by atoms with Gasteiger partial charge in [-0.2, -0.15) is 9.97 Å². The lowest BCUT2D eigenvalue weighted by Crippen LogP contribution is -2.36. The van der Waals surface area contributed by atoms with Gasteiger partial charge in [0.15, 0.2) is 16.7 Å². The van der Waals surface area contributed by atoms with E-state index in [1.807, 2.05) is 34.6 Å². The van der Waals surface area contributed by atoms with E-state index in [0.29, 0.717) is 18.0 Å². The highest BCUT2D eigenvalue weighted by atomic mass is 32.2. The number of nitrogens with zero attached hydrogens (tertiary/aromatic N) is 3. The zero-order valence-corrected chi connectivity index (χ0v) is 26.0. The van der Waals surface area contributed by atoms with Gasteiger partial charge in [-0.05, 0) is 47.0 Å². The third-order valence-electron chi connectivity index (χ3n) is 7.80. The van der Waals surface area contributed by atoms with Gasteiger partial charge in [0.25, 0.3) is 0 Å². The van der Waals surface area contributed by atoms with Gasteiger partial charge in [-0.25, -0.2) is 0 Å². The summed E-state index contributed by atoms with van der Waals surface area (Å²) in [6.45, 7) is 9.27. The standard InChI is InChI=1S/C27H43N5O10S/c1-6-11-43-25-30-23(28-14-12-16(37-9-7-33)21-19(14)39-26(2,3)41-21)18(32(35)36)24(31-25)29-15-13-17(38-10-8-34)22-20(15)40-27(4,5)42-22/h14-17,19-22,33-34H,6-13H2,1-5H3,(H2,28,29,30,31)/t14-,15-,16+,17+,19+,20+,21-,22-/m1/s1. The van der Waals surface area contributed by atoms with Crippen molar-refractivity contribution in [2.45, 2.75) is 119 Å². The molecular weight excluding hydrogens is 586 g/mol. The molecule has 2 saturated heterocycles. The van der Waals surface area contributed by atoms with E-state index in [2.05, 4.69) is 20.6 Å². The lowest BCUT2D eigenvalue weighted by molar-refractivity contribution is -0.383. The molecule has 15 nitrogen and oxygen atoms in total. The maximum Gasteiger partial charge on any atom is 0.353 e. The van der Waals surface area contributed by atoms with Crippen LogP contribution >= 0.6 is 11.8 Å². The Morgan fingerprint density at radius 1 is 0.884 bits per heavy atom. The number of fused-ring (bicyclic) bond motifs is 2. The first-order valence-corrected chi connectivity index (χ1v) is 15.8. The zero-order valence-electron chi connectivity index (χ0n) is 25.2. The van der Waals surface area contributed by atoms with Crippen molar-refractivity contribution in [1.29, 1.82) is 0 Å². The van der Waals surface area contributed by atoms with Gasteiger partial charge >= 0.3 is 5.69 Å². The van der Waals surface area contributed by atoms with Crippen LogP contribution in [0.4, 0.5) is 17.3 Å². The number of nitro groups is 1. The van der Waals surface area contributed by atoms with Crippen LogP contribution in [0.25, 0.3) is 0 Å². The molecule has 4 fully saturated rings. The summed E-state index contributed by atoms with van der Waals surface area (Å²) in [5, 5.41) is 38.2. The summed E-state index contributed by atoms with van der Waals surface area (Å²) >= 11 is 1.41. The van der Waals surface area contributed by atoms with Crippen molar-refractivity contribution in [1.82, 2.24) is 9.97 Å². The summed E-state index contributed by atoms with van der Waals surface area (Å²) in [5.41, 5.74) is -0.301. The van der Waals surface area contributed by atoms with Gasteiger partial charge in [0, 0.05) is 5.75 Å². The number of aliphatic hydroxyl groups is 2. The van der Waals surface area contributed by atoms with Crippen LogP contribution in [0.5, 0.6) is 0 Å². The number of nitrogens with one attached hydrogen (secondary N) is 2. The van der Waals surface area contributed by atoms with Crippen LogP contribution in [0, 0.1) is 10.1 Å². The molecule has 2 saturated carbocycles. The minimum Gasteiger partial charge on any atom is -0.394 e. The average Bonchev–Trinajstić information content (AvgIpc) is 3.62. The van der Waals surface area contributed by atoms with E-state index >= 15 is 0 Å². The number of thioether (sulfide) groups is 1. The van der Waals surface area contributed by atoms with E-state index in [1.165, 1.54) is 11.8 Å². The van der Waals surface area contributed by atoms with Crippen LogP contribution < -0.4 is 10.6 Å². The molecule has 1 aromatic rings. The number of aliphatic hydroxyl groups excluding tert-OH is 2. The Hall–Kier alpha value is -1.89. The van der Waals surface area contributed by atoms with Gasteiger partial charge in [0.05, 0.1) is 55.6 Å². The van der Waals surface area contributed by atoms with Gasteiger partial charge < -0.3 is 49.3 Å². The summed E-state index contributed by atoms with van der Waals surface area (Å²) in [7, 11) is 0. The Labute approximate surface area is 254 Å². The van der Waals surface area contributed by atoms with Crippen molar-refractivity contribution in [3.63, 3.8) is 0 Å². The molecule has 5 rings (SSSR count). The summed E-state index contributed by atoms with van der Waals surface area (Å²) in [6.07, 6.45) is -0.765. The highest BCUT2D eigenvalue weighted by molar-refractivity contribution is 7.99. The predicted octanol–water partition coefficient (Wildman–Crippen LogP) is 2.05. The van der Waals surface area contributed by atoms with Crippen molar-refractivity contribution in [2.24, 2.45) is 0 Å². The van der Waals surface area contributed by atoms with Crippen LogP contribution in [0.2, 0.25) is 0 Å². The molecule has 0 spiro atoms. The quantitative estimate of drug-likeness (QED) is 0.101. The van der Waals surface area contributed by atoms with Crippen molar-refractivity contribution < 1.29 is 43.6 Å². The fraction of sp³-hybridized carbons (Fsp3) is 0.852. The molecule has 4 N–H and O–H groups in total. The maximum atomic E-state index is 12.6. The van der Waals surface area contributed by atoms with Gasteiger partial charge in [0.1, 0.15) is 24.4 Å². The molecule has 0 bridgehead atoms. The van der Waals surface area contributed by atoms with Crippen molar-refractivity contribution >= 4 is 29.1 Å². The van der Waals surface area contributed by atoms with Crippen LogP contribution in [0.1, 0.15) is 53.9 Å². The second-order valence-electron chi connectivity index (χ2n) is 12.0. The molecule has 16 heteroatoms. The molecule has 0 unspecified atom stereocenters. The van der Waals surface area contributed by atoms with E-state index in [4.69, 9.17) is 28.4 Å². The number of aromatic nitrogens is 2. The maximum absolute atomic E-state index is 12.6. The second kappa shape index (κ2) is 13.2. The van der Waals surface area contributed by atoms with E-state index in [-0.39, 0.29) is 56.0 Å². The topological polar surface area (TPSA) is 189 Å². The molecule has 0 aromatic carbocycles. The van der Waals surface area contributed by atoms with Crippen molar-refractivity contribution in [3.8, 4) is 0 Å². The van der Waals surface area contributed by atoms with Gasteiger partial charge in [-0.3, -0.25) is 10.1 Å². The first kappa shape index (κ1) is 32.5. The summed E-state index contributed by atoms with van der Waals surface area (Å²) in [6, 6.07) is -0.833. The minimum atomic E-state index is -0.867. The van der Waals surface area contributed by atoms with E-state index in [1.54, 1.807) is 0 Å². The fourth-order valence-corrected chi connectivity index (χ4v) is 7.00. The third kappa shape index (κ3) is 7.17. The SMILES string of the molecule is CCCSc1nc(N[C@@H]2C[C@H](OCCO)[C@H]3OC(C)(C)O[C@H]32)c([N+](=O)[O-])c(N[C@@H]2C[C@H](OCCO)[C@H]3OC(C)(C)O[C@H]32)n1. The summed E-state index contributed by atoms with van der Waals surface area (Å²) < 4.78 is 36.3. The number of hydrogen-bond donors (Lipinski definition) is 4. The average molecular weight is 630 g/mol. The molecule has 43 heavy (non-hydrogen) atoms. The predicted molar refractivity (Wildman–Crippen MR) is 155 cm³/mol. The van der Waals surface area contributed by atoms with Crippen LogP contribution in [-0.2, 0) is 28.4 Å². The molecule has 0 amide bonds. The highest BCUT2D eigenvalue weighted by Crippen LogP contribution is 2.44. The normalized spacial score (nSPS) is 33.8. The van der Waals surface area contributed by atoms with E-state index < -0.39 is 53.0 Å². The molecule has 3 heterocycles. The van der Waals surface area contributed by atoms with Crippen molar-refractivity contribution in [3.05, 3.63) is 10.1 Å². The van der Waals surface area contributed by atoms with Gasteiger partial charge in [-0.1, -0.05) is 18.7 Å². The Morgan fingerprint density at radius 3 is 1.72 bits per heavy atom. The molecule has 1 aromatic heterocycles. The summed E-state index contributed by atoms with van der Waals surface area (Å²) in [4.78, 5) is 21.3. The number of hydrogen-bond acceptors (Lipinski definition) is 15.